The molecule has 7 nitrogen and oxygen atoms in total. The highest BCUT2D eigenvalue weighted by atomic mass is 31.2. The summed E-state index contributed by atoms with van der Waals surface area (Å²) in [5, 5.41) is 9.43. The van der Waals surface area contributed by atoms with Gasteiger partial charge in [0.25, 0.3) is 0 Å². The van der Waals surface area contributed by atoms with Gasteiger partial charge in [0.2, 0.25) is 0 Å². The Hall–Kier alpha value is -2.15. The third-order valence-corrected chi connectivity index (χ3v) is 5.68. The summed E-state index contributed by atoms with van der Waals surface area (Å²) in [6, 6.07) is 7.93. The van der Waals surface area contributed by atoms with E-state index in [0.717, 1.165) is 24.3 Å². The smallest absolute Gasteiger partial charge is 0.469 e. The molecule has 0 saturated heterocycles. The molecule has 0 aliphatic rings. The number of nitrogens with two attached hydrogens (primary N) is 1. The van der Waals surface area contributed by atoms with Gasteiger partial charge in [-0.05, 0) is 55.0 Å². The van der Waals surface area contributed by atoms with Crippen molar-refractivity contribution in [3.05, 3.63) is 64.7 Å². The number of halogens is 6. The van der Waals surface area contributed by atoms with E-state index in [9.17, 15) is 36.0 Å². The van der Waals surface area contributed by atoms with Crippen molar-refractivity contribution in [3.63, 3.8) is 0 Å². The van der Waals surface area contributed by atoms with Crippen LogP contribution in [-0.4, -0.2) is 40.3 Å². The number of hydrogen-bond donors (Lipinski definition) is 4. The van der Waals surface area contributed by atoms with Gasteiger partial charge in [0, 0.05) is 0 Å². The first-order valence-electron chi connectivity index (χ1n) is 10.6. The number of aryl methyl sites for hydroxylation is 2. The normalized spacial score (nSPS) is 14.5. The molecule has 0 aliphatic carbocycles. The Labute approximate surface area is 203 Å². The number of ether oxygens (including phenoxy) is 1. The number of alkyl halides is 6. The minimum atomic E-state index is -4.86. The van der Waals surface area contributed by atoms with E-state index in [2.05, 4.69) is 4.52 Å². The average molecular weight is 545 g/mol. The van der Waals surface area contributed by atoms with Crippen LogP contribution in [0.2, 0.25) is 0 Å². The molecule has 0 saturated carbocycles. The summed E-state index contributed by atoms with van der Waals surface area (Å²) in [7, 11) is -4.86. The topological polar surface area (TPSA) is 122 Å². The molecule has 2 aromatic rings. The SMILES string of the molecule is NC(CO)(CCc1ccc(OCCCc2cccc(C(F)(F)F)c2)c(C(F)(F)F)c1)COP(=O)(O)O. The molecular formula is C22H26F6NO6P. The van der Waals surface area contributed by atoms with Crippen molar-refractivity contribution in [1.82, 2.24) is 0 Å². The molecule has 2 rings (SSSR count). The third kappa shape index (κ3) is 9.72. The molecule has 0 amide bonds. The van der Waals surface area contributed by atoms with E-state index in [0.29, 0.717) is 5.56 Å². The number of aliphatic hydroxyl groups excluding tert-OH is 1. The van der Waals surface area contributed by atoms with Crippen LogP contribution in [0.3, 0.4) is 0 Å². The Kier molecular flexibility index (Phi) is 9.97. The summed E-state index contributed by atoms with van der Waals surface area (Å²) in [6.07, 6.45) is -9.14. The highest BCUT2D eigenvalue weighted by molar-refractivity contribution is 7.46. The van der Waals surface area contributed by atoms with Gasteiger partial charge in [-0.2, -0.15) is 26.3 Å². The van der Waals surface area contributed by atoms with Gasteiger partial charge in [-0.25, -0.2) is 4.57 Å². The summed E-state index contributed by atoms with van der Waals surface area (Å²) in [5.74, 6) is -0.457. The average Bonchev–Trinajstić information content (AvgIpc) is 2.78. The van der Waals surface area contributed by atoms with E-state index in [1.54, 1.807) is 0 Å². The zero-order chi connectivity index (χ0) is 27.2. The minimum Gasteiger partial charge on any atom is -0.493 e. The molecule has 0 bridgehead atoms. The molecule has 36 heavy (non-hydrogen) atoms. The quantitative estimate of drug-likeness (QED) is 0.176. The zero-order valence-corrected chi connectivity index (χ0v) is 19.7. The van der Waals surface area contributed by atoms with E-state index >= 15 is 0 Å². The van der Waals surface area contributed by atoms with Crippen LogP contribution in [-0.2, 0) is 34.3 Å². The van der Waals surface area contributed by atoms with Crippen LogP contribution in [0.1, 0.15) is 35.1 Å². The number of phosphoric acid groups is 1. The fourth-order valence-electron chi connectivity index (χ4n) is 3.24. The van der Waals surface area contributed by atoms with Crippen molar-refractivity contribution >= 4 is 7.82 Å². The molecule has 0 heterocycles. The van der Waals surface area contributed by atoms with Crippen LogP contribution in [0.5, 0.6) is 5.75 Å². The van der Waals surface area contributed by atoms with Gasteiger partial charge in [-0.1, -0.05) is 24.3 Å². The maximum Gasteiger partial charge on any atom is 0.469 e. The molecule has 2 aromatic carbocycles. The van der Waals surface area contributed by atoms with Gasteiger partial charge in [0.05, 0.1) is 36.5 Å². The summed E-state index contributed by atoms with van der Waals surface area (Å²) in [5.41, 5.74) is 2.91. The first-order valence-corrected chi connectivity index (χ1v) is 12.1. The third-order valence-electron chi connectivity index (χ3n) is 5.22. The molecule has 1 unspecified atom stereocenters. The second-order valence-corrected chi connectivity index (χ2v) is 9.50. The summed E-state index contributed by atoms with van der Waals surface area (Å²) in [4.78, 5) is 17.6. The molecule has 0 aromatic heterocycles. The van der Waals surface area contributed by atoms with Crippen LogP contribution in [0.25, 0.3) is 0 Å². The van der Waals surface area contributed by atoms with Gasteiger partial charge < -0.3 is 25.4 Å². The summed E-state index contributed by atoms with van der Waals surface area (Å²) in [6.45, 7) is -1.62. The van der Waals surface area contributed by atoms with Crippen molar-refractivity contribution in [2.75, 3.05) is 19.8 Å². The first-order chi connectivity index (χ1) is 16.5. The fraction of sp³-hybridized carbons (Fsp3) is 0.455. The Morgan fingerprint density at radius 1 is 0.917 bits per heavy atom. The Morgan fingerprint density at radius 2 is 1.58 bits per heavy atom. The van der Waals surface area contributed by atoms with Crippen LogP contribution in [0, 0.1) is 0 Å². The van der Waals surface area contributed by atoms with E-state index < -0.39 is 55.8 Å². The lowest BCUT2D eigenvalue weighted by Crippen LogP contribution is -2.48. The zero-order valence-electron chi connectivity index (χ0n) is 18.8. The highest BCUT2D eigenvalue weighted by Gasteiger charge is 2.35. The largest absolute Gasteiger partial charge is 0.493 e. The van der Waals surface area contributed by atoms with Crippen molar-refractivity contribution in [2.24, 2.45) is 5.73 Å². The predicted molar refractivity (Wildman–Crippen MR) is 117 cm³/mol. The lowest BCUT2D eigenvalue weighted by atomic mass is 9.93. The molecule has 0 spiro atoms. The maximum atomic E-state index is 13.6. The Morgan fingerprint density at radius 3 is 2.17 bits per heavy atom. The van der Waals surface area contributed by atoms with Crippen LogP contribution in [0.4, 0.5) is 26.3 Å². The molecule has 202 valence electrons. The molecule has 0 fully saturated rings. The molecular weight excluding hydrogens is 519 g/mol. The summed E-state index contributed by atoms with van der Waals surface area (Å²) >= 11 is 0. The van der Waals surface area contributed by atoms with Gasteiger partial charge in [-0.15, -0.1) is 0 Å². The van der Waals surface area contributed by atoms with E-state index in [4.69, 9.17) is 20.3 Å². The standard InChI is InChI=1S/C22H26F6NO6P/c23-21(24,25)17-5-1-3-15(11-17)4-2-10-34-19-7-6-16(12-18(19)22(26,27)28)8-9-20(29,13-30)14-35-36(31,32)33/h1,3,5-7,11-12,30H,2,4,8-10,13-14,29H2,(H2,31,32,33). The van der Waals surface area contributed by atoms with E-state index in [1.165, 1.54) is 18.2 Å². The minimum absolute atomic E-state index is 0.0690. The molecule has 0 radical (unpaired) electrons. The van der Waals surface area contributed by atoms with E-state index in [1.807, 2.05) is 0 Å². The van der Waals surface area contributed by atoms with E-state index in [-0.39, 0.29) is 37.9 Å². The van der Waals surface area contributed by atoms with Crippen molar-refractivity contribution in [2.45, 2.75) is 43.6 Å². The molecule has 0 aliphatic heterocycles. The van der Waals surface area contributed by atoms with Gasteiger partial charge in [-0.3, -0.25) is 4.52 Å². The summed E-state index contributed by atoms with van der Waals surface area (Å²) < 4.78 is 99.6. The lowest BCUT2D eigenvalue weighted by molar-refractivity contribution is -0.139. The number of benzene rings is 2. The highest BCUT2D eigenvalue weighted by Crippen LogP contribution is 2.38. The predicted octanol–water partition coefficient (Wildman–Crippen LogP) is 4.47. The van der Waals surface area contributed by atoms with Crippen LogP contribution in [0.15, 0.2) is 42.5 Å². The van der Waals surface area contributed by atoms with Gasteiger partial charge >= 0.3 is 20.2 Å². The second kappa shape index (κ2) is 11.9. The number of hydrogen-bond acceptors (Lipinski definition) is 5. The van der Waals surface area contributed by atoms with Crippen LogP contribution < -0.4 is 10.5 Å². The van der Waals surface area contributed by atoms with Crippen molar-refractivity contribution < 1.29 is 55.1 Å². The number of phosphoric ester groups is 1. The molecule has 1 atom stereocenters. The first kappa shape index (κ1) is 30.1. The Balaban J connectivity index is 2.03. The van der Waals surface area contributed by atoms with Crippen molar-refractivity contribution in [3.8, 4) is 5.75 Å². The maximum absolute atomic E-state index is 13.6. The second-order valence-electron chi connectivity index (χ2n) is 8.26. The number of aliphatic hydroxyl groups is 1. The molecule has 5 N–H and O–H groups in total. The van der Waals surface area contributed by atoms with Crippen molar-refractivity contribution in [1.29, 1.82) is 0 Å². The monoisotopic (exact) mass is 545 g/mol. The lowest BCUT2D eigenvalue weighted by Gasteiger charge is -2.27. The number of rotatable bonds is 12. The fourth-order valence-corrected chi connectivity index (χ4v) is 3.67. The Bertz CT molecular complexity index is 1060. The van der Waals surface area contributed by atoms with Gasteiger partial charge in [0.1, 0.15) is 5.75 Å². The molecule has 14 heteroatoms. The van der Waals surface area contributed by atoms with Crippen LogP contribution >= 0.6 is 7.82 Å². The van der Waals surface area contributed by atoms with Gasteiger partial charge in [0.15, 0.2) is 0 Å².